The summed E-state index contributed by atoms with van der Waals surface area (Å²) in [5.74, 6) is -0.275. The minimum atomic E-state index is -0.470. The maximum Gasteiger partial charge on any atom is 0.273 e. The van der Waals surface area contributed by atoms with E-state index in [1.807, 2.05) is 12.1 Å². The number of rotatable bonds is 5. The van der Waals surface area contributed by atoms with Gasteiger partial charge in [-0.3, -0.25) is 9.59 Å². The molecule has 0 saturated carbocycles. The molecule has 1 saturated heterocycles. The van der Waals surface area contributed by atoms with E-state index in [-0.39, 0.29) is 17.5 Å². The van der Waals surface area contributed by atoms with E-state index in [0.717, 1.165) is 5.56 Å². The Morgan fingerprint density at radius 3 is 2.44 bits per heavy atom. The van der Waals surface area contributed by atoms with Crippen LogP contribution in [0.15, 0.2) is 47.8 Å². The molecule has 166 valence electrons. The van der Waals surface area contributed by atoms with Crippen molar-refractivity contribution >= 4 is 34.8 Å². The summed E-state index contributed by atoms with van der Waals surface area (Å²) in [6.07, 6.45) is 0. The molecule has 0 atom stereocenters. The van der Waals surface area contributed by atoms with Gasteiger partial charge < -0.3 is 14.5 Å². The largest absolute Gasteiger partial charge is 0.489 e. The van der Waals surface area contributed by atoms with Gasteiger partial charge in [-0.15, -0.1) is 11.3 Å². The van der Waals surface area contributed by atoms with E-state index in [9.17, 15) is 14.0 Å². The Morgan fingerprint density at radius 2 is 1.78 bits per heavy atom. The number of benzene rings is 2. The normalized spacial score (nSPS) is 13.8. The second-order valence-electron chi connectivity index (χ2n) is 7.39. The molecule has 6 nitrogen and oxygen atoms in total. The number of hydrogen-bond acceptors (Lipinski definition) is 5. The molecule has 2 heterocycles. The van der Waals surface area contributed by atoms with Gasteiger partial charge in [-0.2, -0.15) is 0 Å². The number of nitrogens with zero attached hydrogens (tertiary/aromatic N) is 3. The minimum Gasteiger partial charge on any atom is -0.489 e. The predicted octanol–water partition coefficient (Wildman–Crippen LogP) is 4.49. The molecule has 0 spiro atoms. The van der Waals surface area contributed by atoms with E-state index in [1.54, 1.807) is 39.4 Å². The molecule has 1 fully saturated rings. The van der Waals surface area contributed by atoms with Crippen molar-refractivity contribution in [1.29, 1.82) is 0 Å². The first-order valence-corrected chi connectivity index (χ1v) is 11.3. The van der Waals surface area contributed by atoms with Gasteiger partial charge in [0.2, 0.25) is 5.91 Å². The summed E-state index contributed by atoms with van der Waals surface area (Å²) in [5.41, 5.74) is 1.52. The highest BCUT2D eigenvalue weighted by molar-refractivity contribution is 7.13. The molecular formula is C23H21ClFN3O3S. The first-order valence-electron chi connectivity index (χ1n) is 10.1. The van der Waals surface area contributed by atoms with E-state index in [0.29, 0.717) is 54.1 Å². The maximum atomic E-state index is 14.7. The Hall–Kier alpha value is -2.97. The number of piperazine rings is 1. The zero-order valence-electron chi connectivity index (χ0n) is 17.4. The number of aromatic nitrogens is 1. The van der Waals surface area contributed by atoms with Crippen molar-refractivity contribution in [3.63, 3.8) is 0 Å². The molecule has 0 radical (unpaired) electrons. The molecular weight excluding hydrogens is 453 g/mol. The molecule has 0 bridgehead atoms. The van der Waals surface area contributed by atoms with Crippen molar-refractivity contribution in [3.8, 4) is 16.3 Å². The van der Waals surface area contributed by atoms with Crippen LogP contribution in [0.4, 0.5) is 4.39 Å². The van der Waals surface area contributed by atoms with E-state index < -0.39 is 5.82 Å². The summed E-state index contributed by atoms with van der Waals surface area (Å²) in [7, 11) is 0. The zero-order valence-corrected chi connectivity index (χ0v) is 19.0. The second-order valence-corrected chi connectivity index (χ2v) is 8.69. The van der Waals surface area contributed by atoms with Crippen LogP contribution in [0, 0.1) is 5.82 Å². The van der Waals surface area contributed by atoms with Crippen LogP contribution in [0.1, 0.15) is 23.0 Å². The maximum absolute atomic E-state index is 14.7. The number of ether oxygens (including phenoxy) is 1. The molecule has 2 amide bonds. The summed E-state index contributed by atoms with van der Waals surface area (Å²) in [5, 5.41) is 2.71. The lowest BCUT2D eigenvalue weighted by atomic mass is 10.2. The molecule has 0 N–H and O–H groups in total. The van der Waals surface area contributed by atoms with Crippen molar-refractivity contribution in [2.45, 2.75) is 13.5 Å². The van der Waals surface area contributed by atoms with E-state index in [4.69, 9.17) is 16.3 Å². The Balaban J connectivity index is 1.40. The van der Waals surface area contributed by atoms with Gasteiger partial charge in [-0.1, -0.05) is 23.7 Å². The van der Waals surface area contributed by atoms with Crippen molar-refractivity contribution in [2.75, 3.05) is 26.2 Å². The first-order chi connectivity index (χ1) is 15.4. The fourth-order valence-electron chi connectivity index (χ4n) is 3.39. The fourth-order valence-corrected chi connectivity index (χ4v) is 4.33. The summed E-state index contributed by atoms with van der Waals surface area (Å²) < 4.78 is 20.4. The lowest BCUT2D eigenvalue weighted by molar-refractivity contribution is -0.130. The number of carbonyl (C=O) groups is 2. The fraction of sp³-hybridized carbons (Fsp3) is 0.261. The molecule has 0 unspecified atom stereocenters. The van der Waals surface area contributed by atoms with Gasteiger partial charge in [0.05, 0.1) is 0 Å². The topological polar surface area (TPSA) is 62.7 Å². The molecule has 1 aromatic heterocycles. The number of halogens is 2. The number of amides is 2. The third kappa shape index (κ3) is 5.08. The number of carbonyl (C=O) groups excluding carboxylic acids is 2. The van der Waals surface area contributed by atoms with Gasteiger partial charge in [0.15, 0.2) is 0 Å². The third-order valence-electron chi connectivity index (χ3n) is 5.23. The summed E-state index contributed by atoms with van der Waals surface area (Å²) in [4.78, 5) is 31.9. The third-order valence-corrected chi connectivity index (χ3v) is 6.35. The summed E-state index contributed by atoms with van der Waals surface area (Å²) in [6, 6.07) is 11.8. The Bertz CT molecular complexity index is 1130. The second kappa shape index (κ2) is 9.67. The standard InChI is InChI=1S/C23H21ClFN3O3S/c1-15(29)27-8-10-28(11-9-27)23(30)21-14-32-22(26-21)19-7-6-18(12-20(19)25)31-13-16-2-4-17(24)5-3-16/h2-7,12,14H,8-11,13H2,1H3. The summed E-state index contributed by atoms with van der Waals surface area (Å²) >= 11 is 7.09. The smallest absolute Gasteiger partial charge is 0.273 e. The number of hydrogen-bond donors (Lipinski definition) is 0. The number of thiazole rings is 1. The van der Waals surface area contributed by atoms with Gasteiger partial charge in [-0.25, -0.2) is 9.37 Å². The molecule has 32 heavy (non-hydrogen) atoms. The Labute approximate surface area is 194 Å². The van der Waals surface area contributed by atoms with Crippen LogP contribution in [0.25, 0.3) is 10.6 Å². The Morgan fingerprint density at radius 1 is 1.09 bits per heavy atom. The van der Waals surface area contributed by atoms with E-state index in [2.05, 4.69) is 4.98 Å². The average Bonchev–Trinajstić information content (AvgIpc) is 3.28. The molecule has 0 aliphatic carbocycles. The quantitative estimate of drug-likeness (QED) is 0.548. The molecule has 4 rings (SSSR count). The predicted molar refractivity (Wildman–Crippen MR) is 121 cm³/mol. The first kappa shape index (κ1) is 22.2. The van der Waals surface area contributed by atoms with E-state index in [1.165, 1.54) is 24.3 Å². The molecule has 1 aliphatic heterocycles. The highest BCUT2D eigenvalue weighted by atomic mass is 35.5. The van der Waals surface area contributed by atoms with Crippen LogP contribution in [0.2, 0.25) is 5.02 Å². The average molecular weight is 474 g/mol. The highest BCUT2D eigenvalue weighted by Crippen LogP contribution is 2.29. The van der Waals surface area contributed by atoms with Gasteiger partial charge >= 0.3 is 0 Å². The van der Waals surface area contributed by atoms with Crippen LogP contribution in [-0.4, -0.2) is 52.8 Å². The molecule has 2 aromatic carbocycles. The SMILES string of the molecule is CC(=O)N1CCN(C(=O)c2csc(-c3ccc(OCc4ccc(Cl)cc4)cc3F)n2)CC1. The summed E-state index contributed by atoms with van der Waals surface area (Å²) in [6.45, 7) is 3.74. The molecule has 3 aromatic rings. The van der Waals surface area contributed by atoms with Crippen molar-refractivity contribution in [1.82, 2.24) is 14.8 Å². The van der Waals surface area contributed by atoms with Crippen molar-refractivity contribution in [2.24, 2.45) is 0 Å². The van der Waals surface area contributed by atoms with Crippen LogP contribution in [-0.2, 0) is 11.4 Å². The lowest BCUT2D eigenvalue weighted by Gasteiger charge is -2.33. The lowest BCUT2D eigenvalue weighted by Crippen LogP contribution is -2.50. The van der Waals surface area contributed by atoms with Gasteiger partial charge in [0.25, 0.3) is 5.91 Å². The van der Waals surface area contributed by atoms with Gasteiger partial charge in [-0.05, 0) is 29.8 Å². The van der Waals surface area contributed by atoms with E-state index >= 15 is 0 Å². The monoisotopic (exact) mass is 473 g/mol. The Kier molecular flexibility index (Phi) is 6.72. The van der Waals surface area contributed by atoms with Gasteiger partial charge in [0.1, 0.15) is 28.9 Å². The zero-order chi connectivity index (χ0) is 22.7. The van der Waals surface area contributed by atoms with Crippen LogP contribution >= 0.6 is 22.9 Å². The van der Waals surface area contributed by atoms with Crippen LogP contribution < -0.4 is 4.74 Å². The molecule has 9 heteroatoms. The highest BCUT2D eigenvalue weighted by Gasteiger charge is 2.25. The molecule has 1 aliphatic rings. The van der Waals surface area contributed by atoms with Crippen LogP contribution in [0.5, 0.6) is 5.75 Å². The van der Waals surface area contributed by atoms with Crippen LogP contribution in [0.3, 0.4) is 0 Å². The van der Waals surface area contributed by atoms with Crippen molar-refractivity contribution in [3.05, 3.63) is 69.9 Å². The van der Waals surface area contributed by atoms with Gasteiger partial charge in [0, 0.05) is 55.1 Å². The minimum absolute atomic E-state index is 0.00381. The van der Waals surface area contributed by atoms with Crippen molar-refractivity contribution < 1.29 is 18.7 Å².